The van der Waals surface area contributed by atoms with Crippen molar-refractivity contribution in [2.45, 2.75) is 44.0 Å². The quantitative estimate of drug-likeness (QED) is 0.513. The molecule has 2 aromatic carbocycles. The number of nitrogens with zero attached hydrogens (tertiary/aromatic N) is 1. The van der Waals surface area contributed by atoms with Crippen molar-refractivity contribution in [2.75, 3.05) is 6.61 Å². The van der Waals surface area contributed by atoms with Crippen LogP contribution in [0.3, 0.4) is 0 Å². The van der Waals surface area contributed by atoms with Crippen LogP contribution in [0.5, 0.6) is 0 Å². The predicted molar refractivity (Wildman–Crippen MR) is 108 cm³/mol. The molecule has 0 N–H and O–H groups in total. The van der Waals surface area contributed by atoms with Crippen molar-refractivity contribution in [2.24, 2.45) is 0 Å². The molecule has 1 atom stereocenters. The van der Waals surface area contributed by atoms with Crippen LogP contribution in [0.1, 0.15) is 43.4 Å². The lowest BCUT2D eigenvalue weighted by Gasteiger charge is -2.25. The van der Waals surface area contributed by atoms with Gasteiger partial charge < -0.3 is 4.74 Å². The van der Waals surface area contributed by atoms with Crippen molar-refractivity contribution in [1.29, 1.82) is 0 Å². The van der Waals surface area contributed by atoms with E-state index in [2.05, 4.69) is 0 Å². The highest BCUT2D eigenvalue weighted by molar-refractivity contribution is 7.89. The number of carbonyl (C=O) groups is 1. The van der Waals surface area contributed by atoms with Gasteiger partial charge in [-0.25, -0.2) is 13.2 Å². The Hall–Kier alpha value is -2.60. The summed E-state index contributed by atoms with van der Waals surface area (Å²) in [5, 5.41) is 0. The average molecular weight is 400 g/mol. The highest BCUT2D eigenvalue weighted by Crippen LogP contribution is 2.39. The number of carbonyl (C=O) groups excluding carboxylic acids is 1. The highest BCUT2D eigenvalue weighted by atomic mass is 32.2. The van der Waals surface area contributed by atoms with Gasteiger partial charge in [0.05, 0.1) is 23.1 Å². The first kappa shape index (κ1) is 20.1. The van der Waals surface area contributed by atoms with Crippen LogP contribution >= 0.6 is 0 Å². The third kappa shape index (κ3) is 4.28. The van der Waals surface area contributed by atoms with Crippen molar-refractivity contribution < 1.29 is 17.9 Å². The van der Waals surface area contributed by atoms with Crippen LogP contribution in [0.4, 0.5) is 0 Å². The molecule has 1 unspecified atom stereocenters. The summed E-state index contributed by atoms with van der Waals surface area (Å²) in [5.41, 5.74) is 2.20. The zero-order valence-electron chi connectivity index (χ0n) is 16.2. The number of esters is 1. The molecule has 6 heteroatoms. The van der Waals surface area contributed by atoms with Gasteiger partial charge in [-0.1, -0.05) is 61.4 Å². The van der Waals surface area contributed by atoms with Crippen LogP contribution in [0, 0.1) is 6.92 Å². The van der Waals surface area contributed by atoms with E-state index in [1.54, 1.807) is 24.3 Å². The third-order valence-electron chi connectivity index (χ3n) is 4.78. The first-order valence-corrected chi connectivity index (χ1v) is 10.9. The summed E-state index contributed by atoms with van der Waals surface area (Å²) in [6.45, 7) is 4.26. The van der Waals surface area contributed by atoms with E-state index in [0.717, 1.165) is 24.0 Å². The fraction of sp³-hybridized carbons (Fsp3) is 0.318. The Balaban J connectivity index is 1.95. The molecule has 0 aliphatic carbocycles. The molecule has 2 aromatic rings. The molecule has 5 nitrogen and oxygen atoms in total. The standard InChI is InChI=1S/C22H25NO4S/c1-3-4-14-27-22(24)19-15-21(18-8-6-5-7-9-18)23(16-19)28(25,26)20-12-10-17(2)11-13-20/h5-13,16,21H,3-4,14-15H2,1-2H3. The van der Waals surface area contributed by atoms with E-state index in [1.807, 2.05) is 44.2 Å². The maximum absolute atomic E-state index is 13.3. The normalized spacial score (nSPS) is 16.7. The molecule has 148 valence electrons. The van der Waals surface area contributed by atoms with Crippen LogP contribution in [-0.2, 0) is 19.6 Å². The topological polar surface area (TPSA) is 63.7 Å². The van der Waals surface area contributed by atoms with E-state index in [9.17, 15) is 13.2 Å². The minimum Gasteiger partial charge on any atom is -0.462 e. The van der Waals surface area contributed by atoms with Gasteiger partial charge in [-0.05, 0) is 31.0 Å². The molecule has 0 saturated carbocycles. The molecule has 0 aromatic heterocycles. The number of sulfonamides is 1. The summed E-state index contributed by atoms with van der Waals surface area (Å²) in [4.78, 5) is 12.6. The van der Waals surface area contributed by atoms with Crippen LogP contribution < -0.4 is 0 Å². The van der Waals surface area contributed by atoms with Gasteiger partial charge in [-0.15, -0.1) is 0 Å². The van der Waals surface area contributed by atoms with Crippen LogP contribution in [0.25, 0.3) is 0 Å². The smallest absolute Gasteiger partial charge is 0.335 e. The monoisotopic (exact) mass is 399 g/mol. The van der Waals surface area contributed by atoms with Crippen molar-refractivity contribution in [3.8, 4) is 0 Å². The molecule has 0 saturated heterocycles. The fourth-order valence-corrected chi connectivity index (χ4v) is 4.66. The molecule has 28 heavy (non-hydrogen) atoms. The summed E-state index contributed by atoms with van der Waals surface area (Å²) in [5.74, 6) is -0.448. The Kier molecular flexibility index (Phi) is 6.19. The Bertz CT molecular complexity index is 950. The van der Waals surface area contributed by atoms with Crippen LogP contribution in [-0.4, -0.2) is 25.3 Å². The molecule has 1 aliphatic heterocycles. The third-order valence-corrected chi connectivity index (χ3v) is 6.56. The van der Waals surface area contributed by atoms with E-state index in [0.29, 0.717) is 18.6 Å². The number of hydrogen-bond acceptors (Lipinski definition) is 4. The van der Waals surface area contributed by atoms with Crippen LogP contribution in [0.15, 0.2) is 71.3 Å². The molecule has 1 heterocycles. The Morgan fingerprint density at radius 2 is 1.79 bits per heavy atom. The Morgan fingerprint density at radius 1 is 1.11 bits per heavy atom. The number of hydrogen-bond donors (Lipinski definition) is 0. The first-order valence-electron chi connectivity index (χ1n) is 9.46. The highest BCUT2D eigenvalue weighted by Gasteiger charge is 2.37. The summed E-state index contributed by atoms with van der Waals surface area (Å²) in [7, 11) is -3.80. The van der Waals surface area contributed by atoms with Gasteiger partial charge >= 0.3 is 5.97 Å². The SMILES string of the molecule is CCCCOC(=O)C1=CN(S(=O)(=O)c2ccc(C)cc2)C(c2ccccc2)C1. The number of unbranched alkanes of at least 4 members (excludes halogenated alkanes) is 1. The molecule has 0 fully saturated rings. The van der Waals surface area contributed by atoms with Crippen molar-refractivity contribution in [1.82, 2.24) is 4.31 Å². The van der Waals surface area contributed by atoms with Gasteiger partial charge in [0, 0.05) is 12.6 Å². The van der Waals surface area contributed by atoms with E-state index in [1.165, 1.54) is 10.5 Å². The van der Waals surface area contributed by atoms with Gasteiger partial charge in [-0.3, -0.25) is 4.31 Å². The lowest BCUT2D eigenvalue weighted by atomic mass is 10.0. The van der Waals surface area contributed by atoms with E-state index < -0.39 is 22.0 Å². The van der Waals surface area contributed by atoms with Crippen LogP contribution in [0.2, 0.25) is 0 Å². The lowest BCUT2D eigenvalue weighted by Crippen LogP contribution is -2.27. The Labute approximate surface area is 166 Å². The molecule has 1 aliphatic rings. The van der Waals surface area contributed by atoms with Gasteiger partial charge in [0.15, 0.2) is 0 Å². The number of aryl methyl sites for hydroxylation is 1. The lowest BCUT2D eigenvalue weighted by molar-refractivity contribution is -0.139. The van der Waals surface area contributed by atoms with Gasteiger partial charge in [0.2, 0.25) is 0 Å². The van der Waals surface area contributed by atoms with Crippen molar-refractivity contribution in [3.63, 3.8) is 0 Å². The molecular weight excluding hydrogens is 374 g/mol. The second-order valence-corrected chi connectivity index (χ2v) is 8.77. The Morgan fingerprint density at radius 3 is 2.43 bits per heavy atom. The minimum absolute atomic E-state index is 0.205. The number of benzene rings is 2. The molecule has 0 bridgehead atoms. The number of ether oxygens (including phenoxy) is 1. The van der Waals surface area contributed by atoms with E-state index in [4.69, 9.17) is 4.74 Å². The summed E-state index contributed by atoms with van der Waals surface area (Å²) in [6.07, 6.45) is 3.43. The molecule has 0 amide bonds. The maximum Gasteiger partial charge on any atom is 0.335 e. The molecule has 3 rings (SSSR count). The zero-order valence-corrected chi connectivity index (χ0v) is 17.0. The maximum atomic E-state index is 13.3. The summed E-state index contributed by atoms with van der Waals surface area (Å²) >= 11 is 0. The first-order chi connectivity index (χ1) is 13.4. The second-order valence-electron chi connectivity index (χ2n) is 6.92. The second kappa shape index (κ2) is 8.61. The van der Waals surface area contributed by atoms with Gasteiger partial charge in [-0.2, -0.15) is 0 Å². The minimum atomic E-state index is -3.80. The van der Waals surface area contributed by atoms with E-state index in [-0.39, 0.29) is 4.90 Å². The van der Waals surface area contributed by atoms with Gasteiger partial charge in [0.25, 0.3) is 10.0 Å². The molecule has 0 spiro atoms. The largest absolute Gasteiger partial charge is 0.462 e. The summed E-state index contributed by atoms with van der Waals surface area (Å²) < 4.78 is 33.2. The zero-order chi connectivity index (χ0) is 20.1. The predicted octanol–water partition coefficient (Wildman–Crippen LogP) is 4.36. The number of rotatable bonds is 7. The van der Waals surface area contributed by atoms with Crippen molar-refractivity contribution in [3.05, 3.63) is 77.5 Å². The average Bonchev–Trinajstić information content (AvgIpc) is 3.16. The molecule has 0 radical (unpaired) electrons. The fourth-order valence-electron chi connectivity index (χ4n) is 3.14. The summed E-state index contributed by atoms with van der Waals surface area (Å²) in [6, 6.07) is 15.6. The molecular formula is C22H25NO4S. The van der Waals surface area contributed by atoms with E-state index >= 15 is 0 Å². The van der Waals surface area contributed by atoms with Gasteiger partial charge in [0.1, 0.15) is 0 Å². The van der Waals surface area contributed by atoms with Crippen molar-refractivity contribution >= 4 is 16.0 Å².